The van der Waals surface area contributed by atoms with Crippen molar-refractivity contribution in [3.8, 4) is 0 Å². The van der Waals surface area contributed by atoms with E-state index in [4.69, 9.17) is 16.7 Å². The molecule has 18 heavy (non-hydrogen) atoms. The number of hydrogen-bond donors (Lipinski definition) is 1. The van der Waals surface area contributed by atoms with Gasteiger partial charge in [-0.25, -0.2) is 0 Å². The van der Waals surface area contributed by atoms with Gasteiger partial charge in [0, 0.05) is 11.5 Å². The van der Waals surface area contributed by atoms with Gasteiger partial charge in [0.1, 0.15) is 0 Å². The van der Waals surface area contributed by atoms with Gasteiger partial charge < -0.3 is 5.11 Å². The van der Waals surface area contributed by atoms with Crippen molar-refractivity contribution in [3.63, 3.8) is 0 Å². The maximum Gasteiger partial charge on any atom is 0.303 e. The number of aliphatic carboxylic acids is 1. The second kappa shape index (κ2) is 12.9. The molecule has 0 spiro atoms. The molecule has 0 aromatic rings. The van der Waals surface area contributed by atoms with Gasteiger partial charge >= 0.3 is 5.97 Å². The number of carboxylic acid groups (broad SMARTS) is 1. The Hall–Kier alpha value is -0.500. The molecule has 0 rings (SSSR count). The SMILES string of the molecule is CCCCC/C(Cl)=C/CCCCCCCC(=O)O. The fraction of sp³-hybridized carbons (Fsp3) is 0.800. The average Bonchev–Trinajstić information content (AvgIpc) is 2.32. The maximum atomic E-state index is 10.3. The quantitative estimate of drug-likeness (QED) is 0.477. The first-order valence-corrected chi connectivity index (χ1v) is 7.61. The van der Waals surface area contributed by atoms with Crippen LogP contribution in [0.4, 0.5) is 0 Å². The normalized spacial score (nSPS) is 11.8. The van der Waals surface area contributed by atoms with Crippen LogP contribution in [0.3, 0.4) is 0 Å². The summed E-state index contributed by atoms with van der Waals surface area (Å²) in [6.45, 7) is 2.20. The zero-order chi connectivity index (χ0) is 13.6. The van der Waals surface area contributed by atoms with Crippen molar-refractivity contribution in [2.24, 2.45) is 0 Å². The van der Waals surface area contributed by atoms with Crippen LogP contribution < -0.4 is 0 Å². The highest BCUT2D eigenvalue weighted by Gasteiger charge is 1.96. The molecule has 0 saturated carbocycles. The number of halogens is 1. The van der Waals surface area contributed by atoms with Crippen LogP contribution in [0.25, 0.3) is 0 Å². The number of carbonyl (C=O) groups is 1. The lowest BCUT2D eigenvalue weighted by molar-refractivity contribution is -0.137. The van der Waals surface area contributed by atoms with Crippen molar-refractivity contribution in [1.29, 1.82) is 0 Å². The molecule has 0 fully saturated rings. The standard InChI is InChI=1S/C15H27ClO2/c1-2-3-8-11-14(16)12-9-6-4-5-7-10-13-15(17)18/h12H,2-11,13H2,1H3,(H,17,18)/b14-12-. The fourth-order valence-corrected chi connectivity index (χ4v) is 2.10. The Morgan fingerprint density at radius 1 is 1.00 bits per heavy atom. The van der Waals surface area contributed by atoms with Crippen LogP contribution in [0, 0.1) is 0 Å². The molecule has 106 valence electrons. The van der Waals surface area contributed by atoms with Crippen LogP contribution >= 0.6 is 11.6 Å². The molecule has 0 aromatic carbocycles. The van der Waals surface area contributed by atoms with Crippen LogP contribution in [-0.2, 0) is 4.79 Å². The van der Waals surface area contributed by atoms with E-state index in [0.717, 1.165) is 43.6 Å². The third-order valence-corrected chi connectivity index (χ3v) is 3.32. The lowest BCUT2D eigenvalue weighted by Crippen LogP contribution is -1.93. The molecule has 0 aliphatic heterocycles. The molecule has 0 bridgehead atoms. The summed E-state index contributed by atoms with van der Waals surface area (Å²) in [5, 5.41) is 9.49. The minimum Gasteiger partial charge on any atom is -0.481 e. The minimum atomic E-state index is -0.684. The molecule has 0 aromatic heterocycles. The van der Waals surface area contributed by atoms with E-state index in [2.05, 4.69) is 13.0 Å². The van der Waals surface area contributed by atoms with Gasteiger partial charge in [0.2, 0.25) is 0 Å². The highest BCUT2D eigenvalue weighted by molar-refractivity contribution is 6.29. The smallest absolute Gasteiger partial charge is 0.303 e. The van der Waals surface area contributed by atoms with E-state index in [0.29, 0.717) is 6.42 Å². The highest BCUT2D eigenvalue weighted by atomic mass is 35.5. The Balaban J connectivity index is 3.27. The first-order valence-electron chi connectivity index (χ1n) is 7.23. The van der Waals surface area contributed by atoms with E-state index in [1.807, 2.05) is 0 Å². The second-order valence-electron chi connectivity index (χ2n) is 4.81. The third kappa shape index (κ3) is 13.6. The first kappa shape index (κ1) is 17.5. The summed E-state index contributed by atoms with van der Waals surface area (Å²) < 4.78 is 0. The van der Waals surface area contributed by atoms with Crippen LogP contribution in [0.5, 0.6) is 0 Å². The largest absolute Gasteiger partial charge is 0.481 e. The van der Waals surface area contributed by atoms with Gasteiger partial charge in [-0.1, -0.05) is 56.7 Å². The molecule has 3 heteroatoms. The lowest BCUT2D eigenvalue weighted by Gasteiger charge is -2.00. The molecule has 0 aliphatic carbocycles. The summed E-state index contributed by atoms with van der Waals surface area (Å²) in [4.78, 5) is 10.3. The molecule has 1 N–H and O–H groups in total. The summed E-state index contributed by atoms with van der Waals surface area (Å²) in [7, 11) is 0. The summed E-state index contributed by atoms with van der Waals surface area (Å²) in [5.41, 5.74) is 0. The summed E-state index contributed by atoms with van der Waals surface area (Å²) in [6.07, 6.45) is 13.5. The first-order chi connectivity index (χ1) is 8.66. The molecule has 0 amide bonds. The number of rotatable bonds is 12. The van der Waals surface area contributed by atoms with Crippen molar-refractivity contribution >= 4 is 17.6 Å². The van der Waals surface area contributed by atoms with Crippen LogP contribution in [0.2, 0.25) is 0 Å². The van der Waals surface area contributed by atoms with Gasteiger partial charge in [-0.05, 0) is 32.1 Å². The Morgan fingerprint density at radius 2 is 1.61 bits per heavy atom. The van der Waals surface area contributed by atoms with Crippen LogP contribution in [0.1, 0.15) is 77.6 Å². The molecule has 0 unspecified atom stereocenters. The predicted molar refractivity (Wildman–Crippen MR) is 78.0 cm³/mol. The molecule has 0 aliphatic rings. The van der Waals surface area contributed by atoms with Crippen molar-refractivity contribution < 1.29 is 9.90 Å². The zero-order valence-corrected chi connectivity index (χ0v) is 12.3. The van der Waals surface area contributed by atoms with E-state index >= 15 is 0 Å². The van der Waals surface area contributed by atoms with Crippen molar-refractivity contribution in [1.82, 2.24) is 0 Å². The van der Waals surface area contributed by atoms with E-state index in [1.54, 1.807) is 0 Å². The topological polar surface area (TPSA) is 37.3 Å². The fourth-order valence-electron chi connectivity index (χ4n) is 1.86. The summed E-state index contributed by atoms with van der Waals surface area (Å²) in [5.74, 6) is -0.684. The van der Waals surface area contributed by atoms with Crippen molar-refractivity contribution in [2.75, 3.05) is 0 Å². The Labute approximate surface area is 116 Å². The van der Waals surface area contributed by atoms with E-state index in [1.165, 1.54) is 25.7 Å². The van der Waals surface area contributed by atoms with Gasteiger partial charge in [0.05, 0.1) is 0 Å². The number of carboxylic acids is 1. The van der Waals surface area contributed by atoms with Gasteiger partial charge in [-0.15, -0.1) is 0 Å². The second-order valence-corrected chi connectivity index (χ2v) is 5.29. The Bertz CT molecular complexity index is 237. The van der Waals surface area contributed by atoms with Gasteiger partial charge in [-0.3, -0.25) is 4.79 Å². The van der Waals surface area contributed by atoms with Crippen molar-refractivity contribution in [2.45, 2.75) is 77.6 Å². The Morgan fingerprint density at radius 3 is 2.28 bits per heavy atom. The van der Waals surface area contributed by atoms with Gasteiger partial charge in [0.15, 0.2) is 0 Å². The molecular weight excluding hydrogens is 248 g/mol. The molecule has 0 atom stereocenters. The lowest BCUT2D eigenvalue weighted by atomic mass is 10.1. The monoisotopic (exact) mass is 274 g/mol. The third-order valence-electron chi connectivity index (χ3n) is 2.98. The summed E-state index contributed by atoms with van der Waals surface area (Å²) >= 11 is 6.11. The predicted octanol–water partition coefficient (Wildman–Crippen LogP) is 5.50. The number of hydrogen-bond acceptors (Lipinski definition) is 1. The highest BCUT2D eigenvalue weighted by Crippen LogP contribution is 2.15. The number of unbranched alkanes of at least 4 members (excludes halogenated alkanes) is 7. The van der Waals surface area contributed by atoms with Crippen LogP contribution in [-0.4, -0.2) is 11.1 Å². The average molecular weight is 275 g/mol. The zero-order valence-electron chi connectivity index (χ0n) is 11.6. The molecular formula is C15H27ClO2. The van der Waals surface area contributed by atoms with Crippen molar-refractivity contribution in [3.05, 3.63) is 11.1 Å². The minimum absolute atomic E-state index is 0.309. The maximum absolute atomic E-state index is 10.3. The molecule has 0 heterocycles. The molecule has 2 nitrogen and oxygen atoms in total. The van der Waals surface area contributed by atoms with E-state index in [-0.39, 0.29) is 0 Å². The van der Waals surface area contributed by atoms with Crippen LogP contribution in [0.15, 0.2) is 11.1 Å². The Kier molecular flexibility index (Phi) is 12.6. The number of allylic oxidation sites excluding steroid dienone is 2. The molecule has 0 saturated heterocycles. The van der Waals surface area contributed by atoms with E-state index in [9.17, 15) is 4.79 Å². The molecule has 0 radical (unpaired) electrons. The van der Waals surface area contributed by atoms with Gasteiger partial charge in [0.25, 0.3) is 0 Å². The van der Waals surface area contributed by atoms with E-state index < -0.39 is 5.97 Å². The summed E-state index contributed by atoms with van der Waals surface area (Å²) in [6, 6.07) is 0. The van der Waals surface area contributed by atoms with Gasteiger partial charge in [-0.2, -0.15) is 0 Å².